The molecule has 0 unspecified atom stereocenters. The van der Waals surface area contributed by atoms with Crippen LogP contribution < -0.4 is 5.32 Å². The number of aromatic nitrogens is 3. The molecule has 0 saturated carbocycles. The van der Waals surface area contributed by atoms with Gasteiger partial charge >= 0.3 is 0 Å². The van der Waals surface area contributed by atoms with Crippen LogP contribution in [0.25, 0.3) is 27.6 Å². The second-order valence-corrected chi connectivity index (χ2v) is 7.86. The van der Waals surface area contributed by atoms with E-state index in [4.69, 9.17) is 21.7 Å². The van der Waals surface area contributed by atoms with Crippen LogP contribution in [-0.4, -0.2) is 26.6 Å². The molecule has 0 saturated heterocycles. The van der Waals surface area contributed by atoms with E-state index >= 15 is 0 Å². The molecule has 5 nitrogen and oxygen atoms in total. The molecule has 1 amide bonds. The largest absolute Gasteiger partial charge is 0.309 e. The molecule has 7 heteroatoms. The first-order chi connectivity index (χ1) is 14.0. The Balaban J connectivity index is 1.74. The topological polar surface area (TPSA) is 59.8 Å². The number of carbonyl (C=O) groups excluding carboxylic acids is 1. The lowest BCUT2D eigenvalue weighted by molar-refractivity contribution is -0.114. The van der Waals surface area contributed by atoms with Gasteiger partial charge < -0.3 is 5.32 Å². The molecule has 0 aliphatic carbocycles. The predicted molar refractivity (Wildman–Crippen MR) is 119 cm³/mol. The molecular formula is C22H19ClN4OS. The van der Waals surface area contributed by atoms with E-state index in [1.54, 1.807) is 4.68 Å². The summed E-state index contributed by atoms with van der Waals surface area (Å²) >= 11 is 7.15. The molecule has 0 spiro atoms. The Labute approximate surface area is 178 Å². The number of nitrogens with zero attached hydrogens (tertiary/aromatic N) is 3. The number of amides is 1. The summed E-state index contributed by atoms with van der Waals surface area (Å²) in [6.07, 6.45) is 0. The van der Waals surface area contributed by atoms with Crippen molar-refractivity contribution in [2.45, 2.75) is 13.8 Å². The standard InChI is InChI=1S/C22H19ClN4OS/c1-14-3-7-16(8-4-14)18-11-20(25-21(28)12-23)27(26-18)22-24-19(13-29-22)17-9-5-15(2)6-10-17/h3-11,13H,12H2,1-2H3,(H,25,28). The molecule has 0 atom stereocenters. The molecular weight excluding hydrogens is 404 g/mol. The third-order valence-corrected chi connectivity index (χ3v) is 5.53. The first-order valence-corrected chi connectivity index (χ1v) is 10.5. The maximum Gasteiger partial charge on any atom is 0.240 e. The fourth-order valence-corrected chi connectivity index (χ4v) is 3.74. The predicted octanol–water partition coefficient (Wildman–Crippen LogP) is 5.46. The minimum absolute atomic E-state index is 0.127. The number of anilines is 1. The van der Waals surface area contributed by atoms with Crippen molar-refractivity contribution in [2.75, 3.05) is 11.2 Å². The van der Waals surface area contributed by atoms with E-state index in [-0.39, 0.29) is 11.8 Å². The number of rotatable bonds is 5. The van der Waals surface area contributed by atoms with Gasteiger partial charge in [0.15, 0.2) is 0 Å². The van der Waals surface area contributed by atoms with Crippen LogP contribution in [0.5, 0.6) is 0 Å². The molecule has 2 heterocycles. The quantitative estimate of drug-likeness (QED) is 0.434. The number of nitrogens with one attached hydrogen (secondary N) is 1. The van der Waals surface area contributed by atoms with Gasteiger partial charge in [0.2, 0.25) is 11.0 Å². The second kappa shape index (κ2) is 8.19. The van der Waals surface area contributed by atoms with E-state index in [0.29, 0.717) is 10.9 Å². The van der Waals surface area contributed by atoms with Crippen molar-refractivity contribution in [3.63, 3.8) is 0 Å². The molecule has 29 heavy (non-hydrogen) atoms. The summed E-state index contributed by atoms with van der Waals surface area (Å²) in [4.78, 5) is 16.6. The second-order valence-electron chi connectivity index (χ2n) is 6.76. The number of benzene rings is 2. The van der Waals surface area contributed by atoms with Crippen molar-refractivity contribution in [1.29, 1.82) is 0 Å². The molecule has 0 bridgehead atoms. The molecule has 0 aliphatic heterocycles. The van der Waals surface area contributed by atoms with Crippen LogP contribution in [-0.2, 0) is 4.79 Å². The third kappa shape index (κ3) is 4.23. The van der Waals surface area contributed by atoms with Crippen molar-refractivity contribution in [3.8, 4) is 27.6 Å². The maximum absolute atomic E-state index is 11.9. The van der Waals surface area contributed by atoms with Crippen LogP contribution in [0.3, 0.4) is 0 Å². The minimum atomic E-state index is -0.293. The van der Waals surface area contributed by atoms with Gasteiger partial charge in [0, 0.05) is 22.6 Å². The van der Waals surface area contributed by atoms with E-state index in [1.165, 1.54) is 22.5 Å². The molecule has 4 rings (SSSR count). The monoisotopic (exact) mass is 422 g/mol. The number of alkyl halides is 1. The average molecular weight is 423 g/mol. The number of thiazole rings is 1. The molecule has 2 aromatic heterocycles. The van der Waals surface area contributed by atoms with Crippen LogP contribution in [0.2, 0.25) is 0 Å². The highest BCUT2D eigenvalue weighted by molar-refractivity contribution is 7.12. The van der Waals surface area contributed by atoms with Gasteiger partial charge in [0.1, 0.15) is 11.7 Å². The summed E-state index contributed by atoms with van der Waals surface area (Å²) < 4.78 is 1.65. The van der Waals surface area contributed by atoms with Crippen molar-refractivity contribution in [2.24, 2.45) is 0 Å². The van der Waals surface area contributed by atoms with E-state index in [1.807, 2.05) is 54.8 Å². The highest BCUT2D eigenvalue weighted by atomic mass is 35.5. The molecule has 2 aromatic carbocycles. The van der Waals surface area contributed by atoms with Crippen molar-refractivity contribution < 1.29 is 4.79 Å². The van der Waals surface area contributed by atoms with Gasteiger partial charge in [0.05, 0.1) is 11.4 Å². The summed E-state index contributed by atoms with van der Waals surface area (Å²) in [7, 11) is 0. The highest BCUT2D eigenvalue weighted by Crippen LogP contribution is 2.29. The van der Waals surface area contributed by atoms with Crippen LogP contribution in [0.4, 0.5) is 5.82 Å². The zero-order valence-electron chi connectivity index (χ0n) is 16.0. The van der Waals surface area contributed by atoms with Gasteiger partial charge in [0.25, 0.3) is 0 Å². The lowest BCUT2D eigenvalue weighted by atomic mass is 10.1. The zero-order chi connectivity index (χ0) is 20.4. The first kappa shape index (κ1) is 19.4. The molecule has 1 N–H and O–H groups in total. The highest BCUT2D eigenvalue weighted by Gasteiger charge is 2.16. The normalized spacial score (nSPS) is 10.9. The van der Waals surface area contributed by atoms with Gasteiger partial charge in [-0.3, -0.25) is 4.79 Å². The van der Waals surface area contributed by atoms with Gasteiger partial charge in [-0.2, -0.15) is 9.78 Å². The summed E-state index contributed by atoms with van der Waals surface area (Å²) in [5.74, 6) is 0.118. The Morgan fingerprint density at radius 1 is 1.00 bits per heavy atom. The molecule has 0 aliphatic rings. The minimum Gasteiger partial charge on any atom is -0.309 e. The third-order valence-electron chi connectivity index (χ3n) is 4.47. The van der Waals surface area contributed by atoms with E-state index < -0.39 is 0 Å². The Morgan fingerprint density at radius 3 is 2.17 bits per heavy atom. The summed E-state index contributed by atoms with van der Waals surface area (Å²) in [5.41, 5.74) is 5.99. The van der Waals surface area contributed by atoms with Crippen LogP contribution >= 0.6 is 22.9 Å². The Kier molecular flexibility index (Phi) is 5.47. The zero-order valence-corrected chi connectivity index (χ0v) is 17.6. The van der Waals surface area contributed by atoms with E-state index in [9.17, 15) is 4.79 Å². The molecule has 146 valence electrons. The molecule has 0 radical (unpaired) electrons. The van der Waals surface area contributed by atoms with Crippen molar-refractivity contribution in [3.05, 3.63) is 71.1 Å². The number of halogens is 1. The lowest BCUT2D eigenvalue weighted by Gasteiger charge is -2.04. The van der Waals surface area contributed by atoms with Gasteiger partial charge in [-0.1, -0.05) is 59.7 Å². The Hall–Kier alpha value is -2.96. The number of hydrogen-bond acceptors (Lipinski definition) is 4. The van der Waals surface area contributed by atoms with Crippen LogP contribution in [0, 0.1) is 13.8 Å². The Morgan fingerprint density at radius 2 is 1.59 bits per heavy atom. The maximum atomic E-state index is 11.9. The fraction of sp³-hybridized carbons (Fsp3) is 0.136. The van der Waals surface area contributed by atoms with E-state index in [2.05, 4.69) is 24.4 Å². The summed E-state index contributed by atoms with van der Waals surface area (Å²) in [5, 5.41) is 10.2. The summed E-state index contributed by atoms with van der Waals surface area (Å²) in [6, 6.07) is 18.1. The van der Waals surface area contributed by atoms with E-state index in [0.717, 1.165) is 22.5 Å². The number of hydrogen-bond donors (Lipinski definition) is 1. The Bertz CT molecular complexity index is 1150. The fourth-order valence-electron chi connectivity index (χ4n) is 2.88. The first-order valence-electron chi connectivity index (χ1n) is 9.09. The van der Waals surface area contributed by atoms with Crippen molar-refractivity contribution in [1.82, 2.24) is 14.8 Å². The number of aryl methyl sites for hydroxylation is 2. The number of carbonyl (C=O) groups is 1. The lowest BCUT2D eigenvalue weighted by Crippen LogP contribution is -2.15. The van der Waals surface area contributed by atoms with Gasteiger partial charge in [-0.15, -0.1) is 22.9 Å². The van der Waals surface area contributed by atoms with Gasteiger partial charge in [-0.05, 0) is 13.8 Å². The summed E-state index contributed by atoms with van der Waals surface area (Å²) in [6.45, 7) is 4.09. The smallest absolute Gasteiger partial charge is 0.240 e. The van der Waals surface area contributed by atoms with Gasteiger partial charge in [-0.25, -0.2) is 4.98 Å². The SMILES string of the molecule is Cc1ccc(-c2csc(-n3nc(-c4ccc(C)cc4)cc3NC(=O)CCl)n2)cc1. The van der Waals surface area contributed by atoms with Crippen LogP contribution in [0.1, 0.15) is 11.1 Å². The molecule has 0 fully saturated rings. The molecule has 4 aromatic rings. The average Bonchev–Trinajstić information content (AvgIpc) is 3.36. The van der Waals surface area contributed by atoms with Crippen LogP contribution in [0.15, 0.2) is 60.0 Å². The van der Waals surface area contributed by atoms with Crippen molar-refractivity contribution >= 4 is 34.7 Å².